The quantitative estimate of drug-likeness (QED) is 0.569. The number of carbonyl (C=O) groups excluding carboxylic acids is 1. The number of hydrogen-bond acceptors (Lipinski definition) is 5. The van der Waals surface area contributed by atoms with Crippen LogP contribution in [0.3, 0.4) is 0 Å². The normalized spacial score (nSPS) is 15.0. The molecule has 0 aliphatic heterocycles. The Morgan fingerprint density at radius 1 is 1.10 bits per heavy atom. The Kier molecular flexibility index (Phi) is 6.32. The first kappa shape index (κ1) is 21.1. The van der Waals surface area contributed by atoms with Crippen molar-refractivity contribution in [3.8, 4) is 17.2 Å². The highest BCUT2D eigenvalue weighted by Crippen LogP contribution is 2.39. The fraction of sp³-hybridized carbons (Fsp3) is 0.375. The third-order valence-electron chi connectivity index (χ3n) is 5.73. The highest BCUT2D eigenvalue weighted by Gasteiger charge is 2.26. The smallest absolute Gasteiger partial charge is 0.258 e. The van der Waals surface area contributed by atoms with Crippen molar-refractivity contribution in [3.63, 3.8) is 0 Å². The number of nitrogens with one attached hydrogen (secondary N) is 1. The molecule has 1 atom stereocenters. The number of rotatable bonds is 9. The van der Waals surface area contributed by atoms with Crippen LogP contribution in [0, 0.1) is 0 Å². The zero-order valence-corrected chi connectivity index (χ0v) is 18.1. The predicted octanol–water partition coefficient (Wildman–Crippen LogP) is 3.49. The molecule has 0 bridgehead atoms. The first-order valence-electron chi connectivity index (χ1n) is 10.4. The maximum atomic E-state index is 12.6. The first-order valence-corrected chi connectivity index (χ1v) is 10.4. The van der Waals surface area contributed by atoms with Crippen molar-refractivity contribution in [2.45, 2.75) is 25.4 Å². The molecule has 4 rings (SSSR count). The molecule has 0 spiro atoms. The Morgan fingerprint density at radius 2 is 1.90 bits per heavy atom. The second kappa shape index (κ2) is 9.31. The van der Waals surface area contributed by atoms with Crippen LogP contribution in [0.1, 0.15) is 23.6 Å². The summed E-state index contributed by atoms with van der Waals surface area (Å²) in [7, 11) is 4.93. The van der Waals surface area contributed by atoms with Crippen molar-refractivity contribution in [1.82, 2.24) is 9.88 Å². The number of carbonyl (C=O) groups is 1. The summed E-state index contributed by atoms with van der Waals surface area (Å²) < 4.78 is 24.0. The Hall–Kier alpha value is -3.19. The second-order valence-electron chi connectivity index (χ2n) is 7.54. The van der Waals surface area contributed by atoms with Gasteiger partial charge < -0.3 is 28.8 Å². The first-order chi connectivity index (χ1) is 15.1. The van der Waals surface area contributed by atoms with Crippen LogP contribution in [-0.2, 0) is 22.5 Å². The summed E-state index contributed by atoms with van der Waals surface area (Å²) in [5.74, 6) is 1.93. The lowest BCUT2D eigenvalue weighted by Crippen LogP contribution is -2.31. The van der Waals surface area contributed by atoms with E-state index in [1.807, 2.05) is 42.6 Å². The van der Waals surface area contributed by atoms with E-state index in [4.69, 9.17) is 18.9 Å². The molecule has 0 saturated heterocycles. The van der Waals surface area contributed by atoms with E-state index >= 15 is 0 Å². The summed E-state index contributed by atoms with van der Waals surface area (Å²) in [5.41, 5.74) is 3.30. The monoisotopic (exact) mass is 424 g/mol. The molecule has 164 valence electrons. The Balaban J connectivity index is 1.42. The molecular formula is C24H28N2O5. The highest BCUT2D eigenvalue weighted by molar-refractivity contribution is 5.87. The molecule has 1 amide bonds. The van der Waals surface area contributed by atoms with Crippen LogP contribution in [-0.4, -0.2) is 45.0 Å². The van der Waals surface area contributed by atoms with Gasteiger partial charge in [-0.2, -0.15) is 0 Å². The van der Waals surface area contributed by atoms with Crippen LogP contribution in [0.2, 0.25) is 0 Å². The molecule has 1 aromatic heterocycles. The van der Waals surface area contributed by atoms with Gasteiger partial charge >= 0.3 is 0 Å². The van der Waals surface area contributed by atoms with Crippen LogP contribution in [0.5, 0.6) is 17.2 Å². The molecule has 1 aliphatic carbocycles. The molecule has 0 unspecified atom stereocenters. The second-order valence-corrected chi connectivity index (χ2v) is 7.54. The fourth-order valence-corrected chi connectivity index (χ4v) is 4.17. The number of amides is 1. The van der Waals surface area contributed by atoms with Gasteiger partial charge in [0, 0.05) is 25.2 Å². The van der Waals surface area contributed by atoms with Gasteiger partial charge in [-0.05, 0) is 54.3 Å². The maximum Gasteiger partial charge on any atom is 0.258 e. The molecule has 3 aromatic rings. The van der Waals surface area contributed by atoms with Crippen LogP contribution < -0.4 is 19.5 Å². The Labute approximate surface area is 181 Å². The number of nitrogens with zero attached hydrogens (tertiary/aromatic N) is 1. The lowest BCUT2D eigenvalue weighted by Gasteiger charge is -2.16. The van der Waals surface area contributed by atoms with E-state index in [1.54, 1.807) is 21.3 Å². The van der Waals surface area contributed by atoms with Gasteiger partial charge in [-0.15, -0.1) is 0 Å². The van der Waals surface area contributed by atoms with Crippen LogP contribution in [0.4, 0.5) is 0 Å². The van der Waals surface area contributed by atoms with Gasteiger partial charge in [0.1, 0.15) is 5.75 Å². The van der Waals surface area contributed by atoms with E-state index < -0.39 is 0 Å². The van der Waals surface area contributed by atoms with Crippen molar-refractivity contribution in [3.05, 3.63) is 53.7 Å². The Morgan fingerprint density at radius 3 is 2.68 bits per heavy atom. The molecule has 1 N–H and O–H groups in total. The third-order valence-corrected chi connectivity index (χ3v) is 5.73. The summed E-state index contributed by atoms with van der Waals surface area (Å²) in [6.45, 7) is 1.36. The van der Waals surface area contributed by atoms with Crippen LogP contribution >= 0.6 is 0 Å². The Bertz CT molecular complexity index is 1080. The minimum Gasteiger partial charge on any atom is -0.493 e. The average molecular weight is 424 g/mol. The molecule has 0 fully saturated rings. The largest absolute Gasteiger partial charge is 0.493 e. The highest BCUT2D eigenvalue weighted by atomic mass is 16.5. The summed E-state index contributed by atoms with van der Waals surface area (Å²) in [4.78, 5) is 12.6. The number of hydrogen-bond donors (Lipinski definition) is 1. The minimum absolute atomic E-state index is 0.0402. The van der Waals surface area contributed by atoms with Gasteiger partial charge in [0.15, 0.2) is 18.1 Å². The van der Waals surface area contributed by atoms with Crippen molar-refractivity contribution in [1.29, 1.82) is 0 Å². The van der Waals surface area contributed by atoms with E-state index in [2.05, 4.69) is 9.88 Å². The van der Waals surface area contributed by atoms with Crippen LogP contribution in [0.25, 0.3) is 10.9 Å². The summed E-state index contributed by atoms with van der Waals surface area (Å²) in [6.07, 6.45) is 3.73. The fourth-order valence-electron chi connectivity index (χ4n) is 4.17. The molecule has 7 heteroatoms. The molecule has 0 radical (unpaired) electrons. The standard InChI is InChI=1S/C24H28N2O5/c1-28-12-11-26-10-9-17-20(26)5-4-6-21(17)31-15-24(27)25-19-8-7-16-13-22(29-2)23(30-3)14-18(16)19/h4-6,9-10,13-14,19H,7-8,11-12,15H2,1-3H3,(H,25,27)/t19-/m0/s1. The van der Waals surface area contributed by atoms with E-state index in [0.29, 0.717) is 23.9 Å². The average Bonchev–Trinajstić information content (AvgIpc) is 3.39. The topological polar surface area (TPSA) is 71.0 Å². The summed E-state index contributed by atoms with van der Waals surface area (Å²) >= 11 is 0. The molecule has 1 heterocycles. The minimum atomic E-state index is -0.150. The van der Waals surface area contributed by atoms with Gasteiger partial charge in [0.2, 0.25) is 0 Å². The van der Waals surface area contributed by atoms with E-state index in [9.17, 15) is 4.79 Å². The molecular weight excluding hydrogens is 396 g/mol. The number of fused-ring (bicyclic) bond motifs is 2. The van der Waals surface area contributed by atoms with Gasteiger partial charge in [-0.3, -0.25) is 4.79 Å². The van der Waals surface area contributed by atoms with E-state index in [0.717, 1.165) is 35.9 Å². The summed E-state index contributed by atoms with van der Waals surface area (Å²) in [6, 6.07) is 11.8. The van der Waals surface area contributed by atoms with Gasteiger partial charge in [0.25, 0.3) is 5.91 Å². The lowest BCUT2D eigenvalue weighted by molar-refractivity contribution is -0.123. The maximum absolute atomic E-state index is 12.6. The van der Waals surface area contributed by atoms with Gasteiger partial charge in [-0.1, -0.05) is 6.07 Å². The van der Waals surface area contributed by atoms with Crippen molar-refractivity contribution in [2.24, 2.45) is 0 Å². The molecule has 31 heavy (non-hydrogen) atoms. The number of methoxy groups -OCH3 is 3. The van der Waals surface area contributed by atoms with E-state index in [1.165, 1.54) is 5.56 Å². The number of benzene rings is 2. The number of aromatic nitrogens is 1. The molecule has 1 aliphatic rings. The SMILES string of the molecule is COCCn1ccc2c(OCC(=O)N[C@H]3CCc4cc(OC)c(OC)cc43)cccc21. The lowest BCUT2D eigenvalue weighted by atomic mass is 10.1. The number of ether oxygens (including phenoxy) is 4. The van der Waals surface area contributed by atoms with Gasteiger partial charge in [0.05, 0.1) is 32.4 Å². The zero-order valence-electron chi connectivity index (χ0n) is 18.1. The third kappa shape index (κ3) is 4.32. The van der Waals surface area contributed by atoms with Crippen LogP contribution in [0.15, 0.2) is 42.6 Å². The molecule has 7 nitrogen and oxygen atoms in total. The van der Waals surface area contributed by atoms with E-state index in [-0.39, 0.29) is 18.6 Å². The van der Waals surface area contributed by atoms with Gasteiger partial charge in [-0.25, -0.2) is 0 Å². The summed E-state index contributed by atoms with van der Waals surface area (Å²) in [5, 5.41) is 4.07. The van der Waals surface area contributed by atoms with Crippen molar-refractivity contribution in [2.75, 3.05) is 34.5 Å². The molecule has 0 saturated carbocycles. The molecule has 2 aromatic carbocycles. The predicted molar refractivity (Wildman–Crippen MR) is 118 cm³/mol. The number of aryl methyl sites for hydroxylation is 1. The van der Waals surface area contributed by atoms with Crippen molar-refractivity contribution < 1.29 is 23.7 Å². The van der Waals surface area contributed by atoms with Crippen molar-refractivity contribution >= 4 is 16.8 Å². The zero-order chi connectivity index (χ0) is 21.8.